The van der Waals surface area contributed by atoms with Gasteiger partial charge in [0.2, 0.25) is 0 Å². The van der Waals surface area contributed by atoms with E-state index in [4.69, 9.17) is 10.5 Å². The second-order valence-electron chi connectivity index (χ2n) is 4.70. The van der Waals surface area contributed by atoms with Crippen LogP contribution in [0.5, 0.6) is 0 Å². The summed E-state index contributed by atoms with van der Waals surface area (Å²) in [6.07, 6.45) is 0.969. The molecule has 18 heavy (non-hydrogen) atoms. The van der Waals surface area contributed by atoms with E-state index in [1.807, 2.05) is 0 Å². The van der Waals surface area contributed by atoms with Gasteiger partial charge < -0.3 is 15.4 Å². The van der Waals surface area contributed by atoms with Crippen LogP contribution in [0.1, 0.15) is 38.8 Å². The summed E-state index contributed by atoms with van der Waals surface area (Å²) in [5.74, 6) is 0. The van der Waals surface area contributed by atoms with Gasteiger partial charge in [-0.2, -0.15) is 0 Å². The number of benzene rings is 1. The van der Waals surface area contributed by atoms with E-state index >= 15 is 0 Å². The van der Waals surface area contributed by atoms with Crippen molar-refractivity contribution in [2.75, 3.05) is 25.2 Å². The molecule has 0 amide bonds. The topological polar surface area (TPSA) is 38.5 Å². The van der Waals surface area contributed by atoms with Crippen molar-refractivity contribution in [1.82, 2.24) is 0 Å². The Morgan fingerprint density at radius 1 is 1.22 bits per heavy atom. The highest BCUT2D eigenvalue weighted by molar-refractivity contribution is 5.48. The Bertz CT molecular complexity index is 337. The van der Waals surface area contributed by atoms with Gasteiger partial charge in [0, 0.05) is 31.4 Å². The minimum Gasteiger partial charge on any atom is -0.383 e. The molecule has 0 fully saturated rings. The quantitative estimate of drug-likeness (QED) is 0.808. The van der Waals surface area contributed by atoms with Crippen LogP contribution in [-0.4, -0.2) is 26.3 Å². The SMILES string of the molecule is CC[C@@H](N)c1ccc(N(CC)C(C)COC)cc1. The molecule has 0 aromatic heterocycles. The maximum atomic E-state index is 6.03. The fourth-order valence-corrected chi connectivity index (χ4v) is 2.23. The van der Waals surface area contributed by atoms with E-state index in [0.29, 0.717) is 6.04 Å². The number of nitrogens with two attached hydrogens (primary N) is 1. The number of methoxy groups -OCH3 is 1. The van der Waals surface area contributed by atoms with Crippen LogP contribution in [0.2, 0.25) is 0 Å². The first-order chi connectivity index (χ1) is 8.63. The van der Waals surface area contributed by atoms with Crippen LogP contribution < -0.4 is 10.6 Å². The van der Waals surface area contributed by atoms with E-state index in [2.05, 4.69) is 49.9 Å². The van der Waals surface area contributed by atoms with Crippen molar-refractivity contribution in [1.29, 1.82) is 0 Å². The van der Waals surface area contributed by atoms with Gasteiger partial charge in [0.15, 0.2) is 0 Å². The molecule has 1 rings (SSSR count). The summed E-state index contributed by atoms with van der Waals surface area (Å²) in [6.45, 7) is 8.17. The van der Waals surface area contributed by atoms with E-state index in [1.165, 1.54) is 11.3 Å². The lowest BCUT2D eigenvalue weighted by Gasteiger charge is -2.30. The summed E-state index contributed by atoms with van der Waals surface area (Å²) in [7, 11) is 1.74. The molecule has 0 aliphatic heterocycles. The maximum Gasteiger partial charge on any atom is 0.0663 e. The number of likely N-dealkylation sites (N-methyl/N-ethyl adjacent to an activating group) is 1. The first-order valence-electron chi connectivity index (χ1n) is 6.75. The molecule has 3 nitrogen and oxygen atoms in total. The van der Waals surface area contributed by atoms with Crippen LogP contribution in [0.25, 0.3) is 0 Å². The Balaban J connectivity index is 2.81. The molecular weight excluding hydrogens is 224 g/mol. The minimum atomic E-state index is 0.144. The lowest BCUT2D eigenvalue weighted by molar-refractivity contribution is 0.182. The lowest BCUT2D eigenvalue weighted by atomic mass is 10.0. The molecule has 1 aromatic rings. The van der Waals surface area contributed by atoms with Crippen molar-refractivity contribution in [3.8, 4) is 0 Å². The summed E-state index contributed by atoms with van der Waals surface area (Å²) in [5, 5.41) is 0. The van der Waals surface area contributed by atoms with Crippen LogP contribution in [0, 0.1) is 0 Å². The molecule has 1 unspecified atom stereocenters. The van der Waals surface area contributed by atoms with Gasteiger partial charge >= 0.3 is 0 Å². The van der Waals surface area contributed by atoms with Crippen LogP contribution in [0.3, 0.4) is 0 Å². The van der Waals surface area contributed by atoms with Crippen LogP contribution in [0.15, 0.2) is 24.3 Å². The number of anilines is 1. The summed E-state index contributed by atoms with van der Waals surface area (Å²) >= 11 is 0. The normalized spacial score (nSPS) is 14.3. The van der Waals surface area contributed by atoms with E-state index in [0.717, 1.165) is 19.6 Å². The third kappa shape index (κ3) is 3.72. The van der Waals surface area contributed by atoms with Gasteiger partial charge in [-0.05, 0) is 38.0 Å². The monoisotopic (exact) mass is 250 g/mol. The van der Waals surface area contributed by atoms with Gasteiger partial charge in [0.25, 0.3) is 0 Å². The minimum absolute atomic E-state index is 0.144. The van der Waals surface area contributed by atoms with E-state index in [1.54, 1.807) is 7.11 Å². The molecule has 0 saturated carbocycles. The number of ether oxygens (including phenoxy) is 1. The standard InChI is InChI=1S/C15H26N2O/c1-5-15(16)13-7-9-14(10-8-13)17(6-2)12(3)11-18-4/h7-10,12,15H,5-6,11,16H2,1-4H3/t12?,15-/m1/s1. The van der Waals surface area contributed by atoms with Gasteiger partial charge in [-0.3, -0.25) is 0 Å². The van der Waals surface area contributed by atoms with Gasteiger partial charge in [0.05, 0.1) is 6.61 Å². The highest BCUT2D eigenvalue weighted by atomic mass is 16.5. The molecule has 0 bridgehead atoms. The molecular formula is C15H26N2O. The van der Waals surface area contributed by atoms with E-state index in [9.17, 15) is 0 Å². The summed E-state index contributed by atoms with van der Waals surface area (Å²) in [6, 6.07) is 9.09. The van der Waals surface area contributed by atoms with Crippen molar-refractivity contribution in [3.05, 3.63) is 29.8 Å². The lowest BCUT2D eigenvalue weighted by Crippen LogP contribution is -2.36. The van der Waals surface area contributed by atoms with Crippen LogP contribution >= 0.6 is 0 Å². The summed E-state index contributed by atoms with van der Waals surface area (Å²) in [5.41, 5.74) is 8.46. The molecule has 0 aliphatic rings. The second kappa shape index (κ2) is 7.39. The van der Waals surface area contributed by atoms with E-state index in [-0.39, 0.29) is 6.04 Å². The molecule has 102 valence electrons. The zero-order valence-corrected chi connectivity index (χ0v) is 12.0. The molecule has 2 N–H and O–H groups in total. The second-order valence-corrected chi connectivity index (χ2v) is 4.70. The molecule has 0 saturated heterocycles. The zero-order valence-electron chi connectivity index (χ0n) is 12.0. The number of nitrogens with zero attached hydrogens (tertiary/aromatic N) is 1. The van der Waals surface area contributed by atoms with E-state index < -0.39 is 0 Å². The first kappa shape index (κ1) is 15.0. The van der Waals surface area contributed by atoms with Gasteiger partial charge in [-0.15, -0.1) is 0 Å². The predicted octanol–water partition coefficient (Wildman–Crippen LogP) is 2.96. The maximum absolute atomic E-state index is 6.03. The highest BCUT2D eigenvalue weighted by Gasteiger charge is 2.13. The molecule has 0 heterocycles. The summed E-state index contributed by atoms with van der Waals surface area (Å²) < 4.78 is 5.23. The average Bonchev–Trinajstić information content (AvgIpc) is 2.40. The van der Waals surface area contributed by atoms with Crippen LogP contribution in [-0.2, 0) is 4.74 Å². The fraction of sp³-hybridized carbons (Fsp3) is 0.600. The number of rotatable bonds is 7. The average molecular weight is 250 g/mol. The number of hydrogen-bond acceptors (Lipinski definition) is 3. The summed E-state index contributed by atoms with van der Waals surface area (Å²) in [4.78, 5) is 2.34. The van der Waals surface area contributed by atoms with Crippen molar-refractivity contribution in [2.24, 2.45) is 5.73 Å². The Hall–Kier alpha value is -1.06. The largest absolute Gasteiger partial charge is 0.383 e. The third-order valence-corrected chi connectivity index (χ3v) is 3.37. The molecule has 0 radical (unpaired) electrons. The third-order valence-electron chi connectivity index (χ3n) is 3.37. The Morgan fingerprint density at radius 3 is 2.28 bits per heavy atom. The smallest absolute Gasteiger partial charge is 0.0663 e. The van der Waals surface area contributed by atoms with Gasteiger partial charge in [-0.25, -0.2) is 0 Å². The van der Waals surface area contributed by atoms with Gasteiger partial charge in [-0.1, -0.05) is 19.1 Å². The molecule has 0 aliphatic carbocycles. The molecule has 1 aromatic carbocycles. The Kier molecular flexibility index (Phi) is 6.16. The Morgan fingerprint density at radius 2 is 1.83 bits per heavy atom. The highest BCUT2D eigenvalue weighted by Crippen LogP contribution is 2.21. The molecule has 3 heteroatoms. The van der Waals surface area contributed by atoms with Crippen molar-refractivity contribution >= 4 is 5.69 Å². The fourth-order valence-electron chi connectivity index (χ4n) is 2.23. The zero-order chi connectivity index (χ0) is 13.5. The van der Waals surface area contributed by atoms with Crippen molar-refractivity contribution in [3.63, 3.8) is 0 Å². The Labute approximate surface area is 111 Å². The van der Waals surface area contributed by atoms with Crippen molar-refractivity contribution in [2.45, 2.75) is 39.3 Å². The predicted molar refractivity (Wildman–Crippen MR) is 78.0 cm³/mol. The molecule has 0 spiro atoms. The van der Waals surface area contributed by atoms with Crippen molar-refractivity contribution < 1.29 is 4.74 Å². The first-order valence-corrected chi connectivity index (χ1v) is 6.75. The molecule has 2 atom stereocenters. The van der Waals surface area contributed by atoms with Gasteiger partial charge in [0.1, 0.15) is 0 Å². The van der Waals surface area contributed by atoms with Crippen LogP contribution in [0.4, 0.5) is 5.69 Å². The number of hydrogen-bond donors (Lipinski definition) is 1.